The van der Waals surface area contributed by atoms with Crippen LogP contribution in [0.1, 0.15) is 51.0 Å². The fourth-order valence-electron chi connectivity index (χ4n) is 4.20. The number of hydrogen-bond donors (Lipinski definition) is 1. The predicted molar refractivity (Wildman–Crippen MR) is 95.5 cm³/mol. The third-order valence-electron chi connectivity index (χ3n) is 5.51. The summed E-state index contributed by atoms with van der Waals surface area (Å²) in [5.74, 6) is 0.133. The standard InChI is InChI=1S/C20H30N2O2/c1-17-15-21(16-18-8-3-2-4-9-18)12-7-13-22(17)19(23)14-20(24)10-5-6-11-20/h2-4,8-9,17,24H,5-7,10-16H2,1H3. The molecule has 1 aromatic rings. The average Bonchev–Trinajstić information content (AvgIpc) is 2.88. The lowest BCUT2D eigenvalue weighted by atomic mass is 9.97. The molecule has 0 bridgehead atoms. The first-order valence-electron chi connectivity index (χ1n) is 9.34. The van der Waals surface area contributed by atoms with Gasteiger partial charge in [0.25, 0.3) is 0 Å². The van der Waals surface area contributed by atoms with E-state index in [4.69, 9.17) is 0 Å². The number of benzene rings is 1. The number of nitrogens with zero attached hydrogens (tertiary/aromatic N) is 2. The molecule has 0 aromatic heterocycles. The zero-order valence-corrected chi connectivity index (χ0v) is 14.8. The van der Waals surface area contributed by atoms with Crippen molar-refractivity contribution in [2.24, 2.45) is 0 Å². The van der Waals surface area contributed by atoms with E-state index < -0.39 is 5.60 Å². The molecule has 1 heterocycles. The Morgan fingerprint density at radius 3 is 2.58 bits per heavy atom. The molecule has 0 radical (unpaired) electrons. The van der Waals surface area contributed by atoms with Gasteiger partial charge < -0.3 is 10.0 Å². The summed E-state index contributed by atoms with van der Waals surface area (Å²) in [4.78, 5) is 17.2. The second-order valence-corrected chi connectivity index (χ2v) is 7.62. The zero-order chi connectivity index (χ0) is 17.0. The summed E-state index contributed by atoms with van der Waals surface area (Å²) in [5, 5.41) is 10.5. The lowest BCUT2D eigenvalue weighted by molar-refractivity contribution is -0.138. The van der Waals surface area contributed by atoms with Crippen LogP contribution in [0, 0.1) is 0 Å². The maximum Gasteiger partial charge on any atom is 0.225 e. The number of carbonyl (C=O) groups is 1. The summed E-state index contributed by atoms with van der Waals surface area (Å²) in [6, 6.07) is 10.7. The van der Waals surface area contributed by atoms with E-state index in [9.17, 15) is 9.90 Å². The summed E-state index contributed by atoms with van der Waals surface area (Å²) in [5.41, 5.74) is 0.581. The van der Waals surface area contributed by atoms with Gasteiger partial charge in [0, 0.05) is 32.2 Å². The summed E-state index contributed by atoms with van der Waals surface area (Å²) in [7, 11) is 0. The Bertz CT molecular complexity index is 540. The van der Waals surface area contributed by atoms with Gasteiger partial charge in [-0.1, -0.05) is 43.2 Å². The second kappa shape index (κ2) is 7.66. The number of aliphatic hydroxyl groups is 1. The van der Waals surface area contributed by atoms with Crippen molar-refractivity contribution in [2.75, 3.05) is 19.6 Å². The van der Waals surface area contributed by atoms with Gasteiger partial charge in [0.05, 0.1) is 12.0 Å². The molecule has 24 heavy (non-hydrogen) atoms. The summed E-state index contributed by atoms with van der Waals surface area (Å²) in [6.07, 6.45) is 4.95. The zero-order valence-electron chi connectivity index (χ0n) is 14.8. The van der Waals surface area contributed by atoms with E-state index in [0.717, 1.165) is 58.3 Å². The maximum atomic E-state index is 12.7. The molecule has 1 atom stereocenters. The van der Waals surface area contributed by atoms with E-state index in [2.05, 4.69) is 36.1 Å². The first kappa shape index (κ1) is 17.4. The molecule has 1 aliphatic heterocycles. The fourth-order valence-corrected chi connectivity index (χ4v) is 4.20. The molecule has 1 saturated carbocycles. The number of amides is 1. The van der Waals surface area contributed by atoms with Crippen LogP contribution in [0.2, 0.25) is 0 Å². The van der Waals surface area contributed by atoms with Crippen LogP contribution in [0.25, 0.3) is 0 Å². The van der Waals surface area contributed by atoms with Gasteiger partial charge in [-0.3, -0.25) is 9.69 Å². The van der Waals surface area contributed by atoms with Crippen molar-refractivity contribution >= 4 is 5.91 Å². The quantitative estimate of drug-likeness (QED) is 0.923. The summed E-state index contributed by atoms with van der Waals surface area (Å²) < 4.78 is 0. The minimum Gasteiger partial charge on any atom is -0.389 e. The Hall–Kier alpha value is -1.39. The molecule has 1 amide bonds. The molecule has 0 spiro atoms. The van der Waals surface area contributed by atoms with Crippen LogP contribution in [-0.4, -0.2) is 52.1 Å². The SMILES string of the molecule is CC1CN(Cc2ccccc2)CCCN1C(=O)CC1(O)CCCC1. The molecule has 1 aliphatic carbocycles. The molecule has 1 saturated heterocycles. The molecule has 2 aliphatic rings. The van der Waals surface area contributed by atoms with E-state index in [1.54, 1.807) is 0 Å². The highest BCUT2D eigenvalue weighted by atomic mass is 16.3. The molecule has 4 nitrogen and oxygen atoms in total. The van der Waals surface area contributed by atoms with Crippen molar-refractivity contribution in [2.45, 2.75) is 63.6 Å². The van der Waals surface area contributed by atoms with E-state index in [1.807, 2.05) is 11.0 Å². The maximum absolute atomic E-state index is 12.7. The molecule has 1 N–H and O–H groups in total. The molecule has 3 rings (SSSR count). The van der Waals surface area contributed by atoms with Gasteiger partial charge in [-0.15, -0.1) is 0 Å². The van der Waals surface area contributed by atoms with Gasteiger partial charge in [-0.05, 0) is 31.7 Å². The van der Waals surface area contributed by atoms with Gasteiger partial charge in [-0.2, -0.15) is 0 Å². The van der Waals surface area contributed by atoms with Crippen LogP contribution in [0.5, 0.6) is 0 Å². The van der Waals surface area contributed by atoms with E-state index in [1.165, 1.54) is 5.56 Å². The van der Waals surface area contributed by atoms with Crippen LogP contribution >= 0.6 is 0 Å². The van der Waals surface area contributed by atoms with Crippen molar-refractivity contribution in [1.82, 2.24) is 9.80 Å². The molecule has 1 aromatic carbocycles. The Morgan fingerprint density at radius 1 is 1.17 bits per heavy atom. The molecule has 4 heteroatoms. The lowest BCUT2D eigenvalue weighted by Gasteiger charge is -2.32. The molecular weight excluding hydrogens is 300 g/mol. The molecule has 2 fully saturated rings. The predicted octanol–water partition coefficient (Wildman–Crippen LogP) is 2.80. The first-order chi connectivity index (χ1) is 11.6. The summed E-state index contributed by atoms with van der Waals surface area (Å²) >= 11 is 0. The minimum absolute atomic E-state index is 0.133. The van der Waals surface area contributed by atoms with Gasteiger partial charge in [-0.25, -0.2) is 0 Å². The largest absolute Gasteiger partial charge is 0.389 e. The number of rotatable bonds is 4. The highest BCUT2D eigenvalue weighted by Crippen LogP contribution is 2.33. The average molecular weight is 330 g/mol. The van der Waals surface area contributed by atoms with Crippen LogP contribution in [-0.2, 0) is 11.3 Å². The Balaban J connectivity index is 1.57. The van der Waals surface area contributed by atoms with E-state index in [-0.39, 0.29) is 11.9 Å². The van der Waals surface area contributed by atoms with Crippen molar-refractivity contribution in [3.63, 3.8) is 0 Å². The fraction of sp³-hybridized carbons (Fsp3) is 0.650. The highest BCUT2D eigenvalue weighted by Gasteiger charge is 2.36. The smallest absolute Gasteiger partial charge is 0.225 e. The van der Waals surface area contributed by atoms with Gasteiger partial charge >= 0.3 is 0 Å². The van der Waals surface area contributed by atoms with Crippen molar-refractivity contribution < 1.29 is 9.90 Å². The van der Waals surface area contributed by atoms with Crippen LogP contribution in [0.15, 0.2) is 30.3 Å². The number of hydrogen-bond acceptors (Lipinski definition) is 3. The van der Waals surface area contributed by atoms with Gasteiger partial charge in [0.15, 0.2) is 0 Å². The molecular formula is C20H30N2O2. The Labute approximate surface area is 145 Å². The number of carbonyl (C=O) groups excluding carboxylic acids is 1. The normalized spacial score (nSPS) is 24.8. The third kappa shape index (κ3) is 4.37. The van der Waals surface area contributed by atoms with E-state index >= 15 is 0 Å². The van der Waals surface area contributed by atoms with Crippen molar-refractivity contribution in [1.29, 1.82) is 0 Å². The lowest BCUT2D eigenvalue weighted by Crippen LogP contribution is -2.45. The van der Waals surface area contributed by atoms with Crippen LogP contribution < -0.4 is 0 Å². The second-order valence-electron chi connectivity index (χ2n) is 7.62. The van der Waals surface area contributed by atoms with E-state index in [0.29, 0.717) is 6.42 Å². The van der Waals surface area contributed by atoms with Gasteiger partial charge in [0.1, 0.15) is 0 Å². The Kier molecular flexibility index (Phi) is 5.57. The van der Waals surface area contributed by atoms with Crippen molar-refractivity contribution in [3.8, 4) is 0 Å². The monoisotopic (exact) mass is 330 g/mol. The third-order valence-corrected chi connectivity index (χ3v) is 5.51. The highest BCUT2D eigenvalue weighted by molar-refractivity contribution is 5.77. The Morgan fingerprint density at radius 2 is 1.88 bits per heavy atom. The van der Waals surface area contributed by atoms with Gasteiger partial charge in [0.2, 0.25) is 5.91 Å². The first-order valence-corrected chi connectivity index (χ1v) is 9.34. The molecule has 132 valence electrons. The van der Waals surface area contributed by atoms with Crippen LogP contribution in [0.3, 0.4) is 0 Å². The van der Waals surface area contributed by atoms with Crippen molar-refractivity contribution in [3.05, 3.63) is 35.9 Å². The topological polar surface area (TPSA) is 43.8 Å². The minimum atomic E-state index is -0.743. The summed E-state index contributed by atoms with van der Waals surface area (Å²) in [6.45, 7) is 5.81. The molecule has 1 unspecified atom stereocenters. The van der Waals surface area contributed by atoms with Crippen LogP contribution in [0.4, 0.5) is 0 Å².